The zero-order valence-electron chi connectivity index (χ0n) is 43.6. The minimum Gasteiger partial charge on any atom is -0.310 e. The van der Waals surface area contributed by atoms with Gasteiger partial charge in [0.25, 0.3) is 0 Å². The first kappa shape index (κ1) is 45.6. The molecule has 13 aromatic rings. The highest BCUT2D eigenvalue weighted by molar-refractivity contribution is 6.11. The zero-order valence-corrected chi connectivity index (χ0v) is 43.6. The lowest BCUT2D eigenvalue weighted by atomic mass is 9.67. The maximum absolute atomic E-state index is 2.51. The Morgan fingerprint density at radius 2 is 0.808 bits per heavy atom. The first-order chi connectivity index (χ1) is 38.5. The number of fused-ring (bicyclic) bond motifs is 9. The number of benzene rings is 12. The summed E-state index contributed by atoms with van der Waals surface area (Å²) in [4.78, 5) is 2.45. The van der Waals surface area contributed by atoms with Crippen LogP contribution < -0.4 is 4.90 Å². The zero-order chi connectivity index (χ0) is 52.0. The summed E-state index contributed by atoms with van der Waals surface area (Å²) in [6, 6.07) is 108. The first-order valence-electron chi connectivity index (χ1n) is 27.2. The lowest BCUT2D eigenvalue weighted by molar-refractivity contribution is 0.660. The molecular formula is C76H54N2. The summed E-state index contributed by atoms with van der Waals surface area (Å²) in [7, 11) is 0. The van der Waals surface area contributed by atoms with Crippen LogP contribution >= 0.6 is 0 Å². The van der Waals surface area contributed by atoms with E-state index in [1.165, 1.54) is 88.7 Å². The average molecular weight is 995 g/mol. The third kappa shape index (κ3) is 6.89. The number of hydrogen-bond donors (Lipinski definition) is 0. The molecule has 0 atom stereocenters. The Balaban J connectivity index is 0.939. The summed E-state index contributed by atoms with van der Waals surface area (Å²) in [5.74, 6) is 0. The smallest absolute Gasteiger partial charge is 0.0713 e. The van der Waals surface area contributed by atoms with E-state index in [1.54, 1.807) is 0 Å². The van der Waals surface area contributed by atoms with Gasteiger partial charge in [-0.3, -0.25) is 0 Å². The normalized spacial score (nSPS) is 13.5. The first-order valence-corrected chi connectivity index (χ1v) is 27.2. The van der Waals surface area contributed by atoms with Crippen LogP contribution in [0.3, 0.4) is 0 Å². The minimum atomic E-state index is -0.494. The van der Waals surface area contributed by atoms with Crippen LogP contribution in [0.1, 0.15) is 47.2 Å². The molecule has 0 unspecified atom stereocenters. The van der Waals surface area contributed by atoms with Crippen molar-refractivity contribution in [2.24, 2.45) is 0 Å². The van der Waals surface area contributed by atoms with E-state index in [0.29, 0.717) is 0 Å². The monoisotopic (exact) mass is 994 g/mol. The molecule has 2 heteroatoms. The van der Waals surface area contributed by atoms with Crippen molar-refractivity contribution in [3.05, 3.63) is 325 Å². The van der Waals surface area contributed by atoms with Crippen LogP contribution in [0.4, 0.5) is 17.1 Å². The summed E-state index contributed by atoms with van der Waals surface area (Å²) >= 11 is 0. The van der Waals surface area contributed by atoms with Gasteiger partial charge in [0, 0.05) is 38.8 Å². The van der Waals surface area contributed by atoms with E-state index in [-0.39, 0.29) is 5.41 Å². The third-order valence-electron chi connectivity index (χ3n) is 17.1. The van der Waals surface area contributed by atoms with E-state index in [4.69, 9.17) is 0 Å². The van der Waals surface area contributed by atoms with Crippen LogP contribution in [-0.4, -0.2) is 4.57 Å². The van der Waals surface area contributed by atoms with Crippen molar-refractivity contribution in [2.75, 3.05) is 4.90 Å². The molecule has 0 amide bonds. The molecule has 0 bridgehead atoms. The van der Waals surface area contributed by atoms with E-state index in [9.17, 15) is 0 Å². The Bertz CT molecular complexity index is 4400. The van der Waals surface area contributed by atoms with Crippen molar-refractivity contribution in [1.82, 2.24) is 4.57 Å². The van der Waals surface area contributed by atoms with Gasteiger partial charge in [-0.15, -0.1) is 0 Å². The molecule has 15 rings (SSSR count). The molecule has 0 aliphatic heterocycles. The van der Waals surface area contributed by atoms with Crippen molar-refractivity contribution in [3.8, 4) is 61.3 Å². The third-order valence-corrected chi connectivity index (χ3v) is 17.1. The highest BCUT2D eigenvalue weighted by Gasteiger charge is 2.47. The van der Waals surface area contributed by atoms with E-state index in [1.807, 2.05) is 0 Å². The van der Waals surface area contributed by atoms with Gasteiger partial charge in [0.2, 0.25) is 0 Å². The van der Waals surface area contributed by atoms with Gasteiger partial charge in [0.1, 0.15) is 0 Å². The number of anilines is 3. The average Bonchev–Trinajstić information content (AvgIpc) is 4.10. The quantitative estimate of drug-likeness (QED) is 0.140. The van der Waals surface area contributed by atoms with Crippen molar-refractivity contribution >= 4 is 38.9 Å². The second-order valence-electron chi connectivity index (χ2n) is 21.6. The molecule has 2 aliphatic carbocycles. The molecule has 1 heterocycles. The molecular weight excluding hydrogens is 941 g/mol. The lowest BCUT2D eigenvalue weighted by Gasteiger charge is -2.34. The molecule has 0 radical (unpaired) electrons. The molecule has 0 fully saturated rings. The molecule has 368 valence electrons. The van der Waals surface area contributed by atoms with Gasteiger partial charge < -0.3 is 9.47 Å². The Kier molecular flexibility index (Phi) is 10.5. The summed E-state index contributed by atoms with van der Waals surface area (Å²) in [5, 5.41) is 2.42. The number of para-hydroxylation sites is 1. The highest BCUT2D eigenvalue weighted by Crippen LogP contribution is 2.59. The van der Waals surface area contributed by atoms with Crippen LogP contribution in [0, 0.1) is 0 Å². The molecule has 78 heavy (non-hydrogen) atoms. The molecule has 2 nitrogen and oxygen atoms in total. The fourth-order valence-electron chi connectivity index (χ4n) is 13.6. The van der Waals surface area contributed by atoms with Crippen LogP contribution in [0.25, 0.3) is 83.1 Å². The van der Waals surface area contributed by atoms with Gasteiger partial charge in [-0.05, 0) is 138 Å². The van der Waals surface area contributed by atoms with Crippen molar-refractivity contribution in [1.29, 1.82) is 0 Å². The second-order valence-corrected chi connectivity index (χ2v) is 21.6. The van der Waals surface area contributed by atoms with Gasteiger partial charge in [0.05, 0.1) is 22.1 Å². The van der Waals surface area contributed by atoms with Crippen molar-refractivity contribution in [3.63, 3.8) is 0 Å². The summed E-state index contributed by atoms with van der Waals surface area (Å²) in [5.41, 5.74) is 26.2. The predicted molar refractivity (Wildman–Crippen MR) is 327 cm³/mol. The molecule has 0 saturated carbocycles. The fraction of sp³-hybridized carbons (Fsp3) is 0.0526. The maximum atomic E-state index is 2.51. The SMILES string of the molecule is CC1(C)c2ccccc2-c2ccc(N(c3ccc(-c4ccccc4)cc3)c3ccc4c5ccccc5n(-c5ccc(-c6cccc7c6-c6ccccc6C7(c6ccccc6)c6ccccc6)cc5-c5ccccc5)c4c3)cc21. The van der Waals surface area contributed by atoms with Gasteiger partial charge in [-0.1, -0.05) is 250 Å². The van der Waals surface area contributed by atoms with Crippen LogP contribution in [0.2, 0.25) is 0 Å². The highest BCUT2D eigenvalue weighted by atomic mass is 15.1. The van der Waals surface area contributed by atoms with Crippen LogP contribution in [-0.2, 0) is 10.8 Å². The van der Waals surface area contributed by atoms with Gasteiger partial charge in [0.15, 0.2) is 0 Å². The largest absolute Gasteiger partial charge is 0.310 e. The summed E-state index contributed by atoms with van der Waals surface area (Å²) in [6.07, 6.45) is 0. The number of nitrogens with zero attached hydrogens (tertiary/aromatic N) is 2. The standard InChI is InChI=1S/C76H54N2/c1-75(2)67-34-18-15-30-61(67)62-45-43-58(49-70(62)75)77(57-41-38-52(39-42-57)51-22-7-3-8-23-51)59-44-46-64-63-31-17-20-37-71(63)78(73(64)50-59)72-47-40-54(48-66(72)53-24-9-4-10-25-53)60-33-21-36-69-74(60)65-32-16-19-35-68(65)76(69,55-26-11-5-12-27-55)56-28-13-6-14-29-56/h3-50H,1-2H3. The Morgan fingerprint density at radius 1 is 0.295 bits per heavy atom. The molecule has 0 N–H and O–H groups in total. The summed E-state index contributed by atoms with van der Waals surface area (Å²) in [6.45, 7) is 4.74. The Morgan fingerprint density at radius 3 is 1.54 bits per heavy atom. The van der Waals surface area contributed by atoms with Crippen LogP contribution in [0.5, 0.6) is 0 Å². The minimum absolute atomic E-state index is 0.155. The molecule has 12 aromatic carbocycles. The maximum Gasteiger partial charge on any atom is 0.0713 e. The summed E-state index contributed by atoms with van der Waals surface area (Å²) < 4.78 is 2.51. The van der Waals surface area contributed by atoms with Gasteiger partial charge >= 0.3 is 0 Å². The van der Waals surface area contributed by atoms with Crippen molar-refractivity contribution in [2.45, 2.75) is 24.7 Å². The van der Waals surface area contributed by atoms with E-state index >= 15 is 0 Å². The van der Waals surface area contributed by atoms with Crippen LogP contribution in [0.15, 0.2) is 291 Å². The molecule has 1 aromatic heterocycles. The topological polar surface area (TPSA) is 8.17 Å². The molecule has 2 aliphatic rings. The molecule has 0 saturated heterocycles. The Labute approximate surface area is 456 Å². The Hall–Kier alpha value is -9.76. The molecule has 0 spiro atoms. The van der Waals surface area contributed by atoms with Gasteiger partial charge in [-0.25, -0.2) is 0 Å². The lowest BCUT2D eigenvalue weighted by Crippen LogP contribution is -2.28. The van der Waals surface area contributed by atoms with E-state index in [2.05, 4.69) is 315 Å². The number of aromatic nitrogens is 1. The number of rotatable bonds is 9. The number of hydrogen-bond acceptors (Lipinski definition) is 1. The predicted octanol–water partition coefficient (Wildman–Crippen LogP) is 19.9. The van der Waals surface area contributed by atoms with E-state index in [0.717, 1.165) is 44.9 Å². The second kappa shape index (κ2) is 17.9. The fourth-order valence-corrected chi connectivity index (χ4v) is 13.6. The van der Waals surface area contributed by atoms with Gasteiger partial charge in [-0.2, -0.15) is 0 Å². The van der Waals surface area contributed by atoms with Crippen molar-refractivity contribution < 1.29 is 0 Å². The van der Waals surface area contributed by atoms with E-state index < -0.39 is 5.41 Å².